The van der Waals surface area contributed by atoms with Gasteiger partial charge in [0, 0.05) is 18.6 Å². The van der Waals surface area contributed by atoms with Crippen LogP contribution in [0, 0.1) is 11.3 Å². The number of rotatable bonds is 3. The monoisotopic (exact) mass is 170 g/mol. The van der Waals surface area contributed by atoms with E-state index in [-0.39, 0.29) is 5.41 Å². The van der Waals surface area contributed by atoms with E-state index < -0.39 is 0 Å². The molecule has 1 saturated heterocycles. The Bertz CT molecular complexity index is 146. The second-order valence-corrected chi connectivity index (χ2v) is 4.39. The van der Waals surface area contributed by atoms with Gasteiger partial charge in [-0.15, -0.1) is 0 Å². The number of carbonyl (C=O) groups excluding carboxylic acids is 1. The molecule has 2 nitrogen and oxygen atoms in total. The maximum Gasteiger partial charge on any atom is 0.125 e. The Kier molecular flexibility index (Phi) is 3.27. The maximum absolute atomic E-state index is 10.7. The highest BCUT2D eigenvalue weighted by Gasteiger charge is 2.24. The number of aldehydes is 1. The van der Waals surface area contributed by atoms with E-state index in [1.165, 1.54) is 6.42 Å². The molecule has 1 unspecified atom stereocenters. The molecule has 1 rings (SSSR count). The molecule has 0 bridgehead atoms. The summed E-state index contributed by atoms with van der Waals surface area (Å²) >= 11 is 0. The molecule has 70 valence electrons. The molecule has 0 amide bonds. The lowest BCUT2D eigenvalue weighted by molar-refractivity contribution is -0.116. The average molecular weight is 170 g/mol. The first-order valence-electron chi connectivity index (χ1n) is 4.68. The molecule has 1 heterocycles. The molecule has 1 aliphatic heterocycles. The van der Waals surface area contributed by atoms with Gasteiger partial charge in [0.1, 0.15) is 6.29 Å². The summed E-state index contributed by atoms with van der Waals surface area (Å²) in [7, 11) is 0. The predicted molar refractivity (Wildman–Crippen MR) is 48.0 cm³/mol. The SMILES string of the molecule is CC(C)(C=O)CC1CCCOC1. The molecule has 0 radical (unpaired) electrons. The molecule has 0 spiro atoms. The minimum absolute atomic E-state index is 0.161. The first-order chi connectivity index (χ1) is 5.64. The molecule has 0 aromatic heterocycles. The fourth-order valence-electron chi connectivity index (χ4n) is 1.76. The molecular formula is C10H18O2. The Morgan fingerprint density at radius 1 is 1.58 bits per heavy atom. The lowest BCUT2D eigenvalue weighted by Gasteiger charge is -2.27. The smallest absolute Gasteiger partial charge is 0.125 e. The highest BCUT2D eigenvalue weighted by molar-refractivity contribution is 5.57. The highest BCUT2D eigenvalue weighted by atomic mass is 16.5. The minimum atomic E-state index is -0.161. The molecule has 12 heavy (non-hydrogen) atoms. The van der Waals surface area contributed by atoms with Gasteiger partial charge in [0.25, 0.3) is 0 Å². The summed E-state index contributed by atoms with van der Waals surface area (Å²) < 4.78 is 5.36. The van der Waals surface area contributed by atoms with Crippen LogP contribution in [0.5, 0.6) is 0 Å². The van der Waals surface area contributed by atoms with Crippen LogP contribution in [0.1, 0.15) is 33.1 Å². The van der Waals surface area contributed by atoms with Crippen molar-refractivity contribution in [1.82, 2.24) is 0 Å². The third-order valence-corrected chi connectivity index (χ3v) is 2.39. The van der Waals surface area contributed by atoms with Crippen molar-refractivity contribution in [2.45, 2.75) is 33.1 Å². The van der Waals surface area contributed by atoms with Crippen molar-refractivity contribution in [3.63, 3.8) is 0 Å². The Morgan fingerprint density at radius 2 is 2.33 bits per heavy atom. The summed E-state index contributed by atoms with van der Waals surface area (Å²) in [6, 6.07) is 0. The minimum Gasteiger partial charge on any atom is -0.381 e. The Balaban J connectivity index is 2.33. The van der Waals surface area contributed by atoms with E-state index in [9.17, 15) is 4.79 Å². The Hall–Kier alpha value is -0.370. The van der Waals surface area contributed by atoms with Gasteiger partial charge in [-0.3, -0.25) is 0 Å². The molecular weight excluding hydrogens is 152 g/mol. The van der Waals surface area contributed by atoms with Crippen molar-refractivity contribution in [1.29, 1.82) is 0 Å². The highest BCUT2D eigenvalue weighted by Crippen LogP contribution is 2.27. The lowest BCUT2D eigenvalue weighted by atomic mass is 9.82. The van der Waals surface area contributed by atoms with Gasteiger partial charge in [-0.25, -0.2) is 0 Å². The van der Waals surface area contributed by atoms with Crippen LogP contribution >= 0.6 is 0 Å². The van der Waals surface area contributed by atoms with Crippen molar-refractivity contribution in [3.8, 4) is 0 Å². The number of carbonyl (C=O) groups is 1. The zero-order chi connectivity index (χ0) is 9.03. The molecule has 2 heteroatoms. The van der Waals surface area contributed by atoms with Crippen LogP contribution in [0.3, 0.4) is 0 Å². The zero-order valence-electron chi connectivity index (χ0n) is 8.01. The van der Waals surface area contributed by atoms with Crippen LogP contribution in [0.4, 0.5) is 0 Å². The lowest BCUT2D eigenvalue weighted by Crippen LogP contribution is -2.25. The fraction of sp³-hybridized carbons (Fsp3) is 0.900. The standard InChI is InChI=1S/C10H18O2/c1-10(2,8-11)6-9-4-3-5-12-7-9/h8-9H,3-7H2,1-2H3. The summed E-state index contributed by atoms with van der Waals surface area (Å²) in [5, 5.41) is 0. The van der Waals surface area contributed by atoms with Gasteiger partial charge in [0.05, 0.1) is 0 Å². The molecule has 1 aliphatic rings. The van der Waals surface area contributed by atoms with Crippen molar-refractivity contribution < 1.29 is 9.53 Å². The number of hydrogen-bond donors (Lipinski definition) is 0. The van der Waals surface area contributed by atoms with Crippen molar-refractivity contribution >= 4 is 6.29 Å². The van der Waals surface area contributed by atoms with Gasteiger partial charge in [-0.05, 0) is 25.2 Å². The van der Waals surface area contributed by atoms with E-state index in [0.29, 0.717) is 5.92 Å². The topological polar surface area (TPSA) is 26.3 Å². The van der Waals surface area contributed by atoms with Crippen LogP contribution < -0.4 is 0 Å². The molecule has 0 saturated carbocycles. The summed E-state index contributed by atoms with van der Waals surface area (Å²) in [5.74, 6) is 0.596. The maximum atomic E-state index is 10.7. The molecule has 0 aliphatic carbocycles. The van der Waals surface area contributed by atoms with Crippen LogP contribution in [0.15, 0.2) is 0 Å². The second-order valence-electron chi connectivity index (χ2n) is 4.39. The number of hydrogen-bond acceptors (Lipinski definition) is 2. The van der Waals surface area contributed by atoms with Crippen molar-refractivity contribution in [2.75, 3.05) is 13.2 Å². The third-order valence-electron chi connectivity index (χ3n) is 2.39. The summed E-state index contributed by atoms with van der Waals surface area (Å²) in [4.78, 5) is 10.7. The largest absolute Gasteiger partial charge is 0.381 e. The Labute approximate surface area is 74.3 Å². The molecule has 0 aromatic rings. The van der Waals surface area contributed by atoms with Gasteiger partial charge in [-0.1, -0.05) is 13.8 Å². The Morgan fingerprint density at radius 3 is 2.83 bits per heavy atom. The van der Waals surface area contributed by atoms with Crippen molar-refractivity contribution in [2.24, 2.45) is 11.3 Å². The first kappa shape index (κ1) is 9.72. The van der Waals surface area contributed by atoms with Gasteiger partial charge in [-0.2, -0.15) is 0 Å². The van der Waals surface area contributed by atoms with E-state index in [1.54, 1.807) is 0 Å². The van der Waals surface area contributed by atoms with Gasteiger partial charge in [0.15, 0.2) is 0 Å². The average Bonchev–Trinajstić information content (AvgIpc) is 2.06. The van der Waals surface area contributed by atoms with Crippen LogP contribution in [-0.4, -0.2) is 19.5 Å². The first-order valence-corrected chi connectivity index (χ1v) is 4.68. The van der Waals surface area contributed by atoms with Crippen molar-refractivity contribution in [3.05, 3.63) is 0 Å². The van der Waals surface area contributed by atoms with Crippen LogP contribution in [0.2, 0.25) is 0 Å². The third kappa shape index (κ3) is 2.94. The van der Waals surface area contributed by atoms with E-state index >= 15 is 0 Å². The summed E-state index contributed by atoms with van der Waals surface area (Å²) in [5.41, 5.74) is -0.161. The summed E-state index contributed by atoms with van der Waals surface area (Å²) in [6.45, 7) is 5.73. The van der Waals surface area contributed by atoms with Crippen LogP contribution in [0.25, 0.3) is 0 Å². The van der Waals surface area contributed by atoms with E-state index in [2.05, 4.69) is 0 Å². The second kappa shape index (κ2) is 4.04. The van der Waals surface area contributed by atoms with Crippen LogP contribution in [-0.2, 0) is 9.53 Å². The van der Waals surface area contributed by atoms with E-state index in [1.807, 2.05) is 13.8 Å². The van der Waals surface area contributed by atoms with Gasteiger partial charge >= 0.3 is 0 Å². The zero-order valence-corrected chi connectivity index (χ0v) is 8.01. The molecule has 1 fully saturated rings. The van der Waals surface area contributed by atoms with E-state index in [0.717, 1.165) is 32.3 Å². The van der Waals surface area contributed by atoms with E-state index in [4.69, 9.17) is 4.74 Å². The molecule has 1 atom stereocenters. The van der Waals surface area contributed by atoms with Gasteiger partial charge < -0.3 is 9.53 Å². The normalized spacial score (nSPS) is 25.3. The summed E-state index contributed by atoms with van der Waals surface area (Å²) in [6.07, 6.45) is 4.40. The quantitative estimate of drug-likeness (QED) is 0.606. The predicted octanol–water partition coefficient (Wildman–Crippen LogP) is 2.03. The van der Waals surface area contributed by atoms with Gasteiger partial charge in [0.2, 0.25) is 0 Å². The number of ether oxygens (including phenoxy) is 1. The fourth-order valence-corrected chi connectivity index (χ4v) is 1.76. The molecule has 0 N–H and O–H groups in total. The molecule has 0 aromatic carbocycles.